The fraction of sp³-hybridized carbons (Fsp3) is 0.381. The Labute approximate surface area is 165 Å². The number of hydrogen-bond donors (Lipinski definition) is 1. The van der Waals surface area contributed by atoms with Crippen LogP contribution in [0.5, 0.6) is 0 Å². The summed E-state index contributed by atoms with van der Waals surface area (Å²) in [7, 11) is -3.48. The zero-order valence-electron chi connectivity index (χ0n) is 16.5. The molecule has 1 aliphatic rings. The second kappa shape index (κ2) is 7.31. The molecular weight excluding hydrogens is 374 g/mol. The van der Waals surface area contributed by atoms with Crippen LogP contribution in [-0.4, -0.2) is 43.9 Å². The maximum Gasteiger partial charge on any atom is 0.251 e. The third kappa shape index (κ3) is 3.57. The molecule has 6 nitrogen and oxygen atoms in total. The van der Waals surface area contributed by atoms with E-state index in [0.717, 1.165) is 40.9 Å². The highest BCUT2D eigenvalue weighted by molar-refractivity contribution is 7.89. The maximum absolute atomic E-state index is 13.2. The van der Waals surface area contributed by atoms with Gasteiger partial charge in [0.1, 0.15) is 5.52 Å². The van der Waals surface area contributed by atoms with Gasteiger partial charge in [-0.05, 0) is 44.0 Å². The van der Waals surface area contributed by atoms with E-state index in [-0.39, 0.29) is 0 Å². The number of nitrogens with one attached hydrogen (secondary N) is 1. The van der Waals surface area contributed by atoms with Crippen LogP contribution in [0.2, 0.25) is 0 Å². The van der Waals surface area contributed by atoms with Gasteiger partial charge in [-0.3, -0.25) is 0 Å². The van der Waals surface area contributed by atoms with Gasteiger partial charge in [-0.15, -0.1) is 0 Å². The molecule has 2 aromatic carbocycles. The van der Waals surface area contributed by atoms with Gasteiger partial charge in [0.05, 0.1) is 31.1 Å². The van der Waals surface area contributed by atoms with Crippen LogP contribution in [0.3, 0.4) is 0 Å². The molecule has 0 spiro atoms. The quantitative estimate of drug-likeness (QED) is 0.726. The average molecular weight is 401 g/mol. The number of fused-ring (bicyclic) bond motifs is 1. The number of aryl methyl sites for hydroxylation is 3. The number of quaternary nitrogens is 1. The van der Waals surface area contributed by atoms with Crippen molar-refractivity contribution in [3.05, 3.63) is 59.0 Å². The van der Waals surface area contributed by atoms with Gasteiger partial charge in [-0.25, -0.2) is 13.4 Å². The van der Waals surface area contributed by atoms with Gasteiger partial charge in [-0.1, -0.05) is 29.8 Å². The number of nitrogens with zero attached hydrogens (tertiary/aromatic N) is 2. The number of oxazole rings is 1. The smallest absolute Gasteiger partial charge is 0.251 e. The van der Waals surface area contributed by atoms with E-state index in [1.165, 1.54) is 4.90 Å². The van der Waals surface area contributed by atoms with Gasteiger partial charge in [0.2, 0.25) is 10.0 Å². The molecule has 0 aliphatic carbocycles. The summed E-state index contributed by atoms with van der Waals surface area (Å²) in [6.45, 7) is 8.90. The number of hydrogen-bond acceptors (Lipinski definition) is 4. The largest absolute Gasteiger partial charge is 0.435 e. The summed E-state index contributed by atoms with van der Waals surface area (Å²) in [6.07, 6.45) is 0. The van der Waals surface area contributed by atoms with Crippen LogP contribution in [0.25, 0.3) is 11.1 Å². The molecule has 1 aromatic heterocycles. The molecule has 7 heteroatoms. The zero-order valence-corrected chi connectivity index (χ0v) is 17.3. The van der Waals surface area contributed by atoms with E-state index < -0.39 is 10.0 Å². The number of rotatable bonds is 4. The van der Waals surface area contributed by atoms with Crippen LogP contribution in [0, 0.1) is 20.8 Å². The lowest BCUT2D eigenvalue weighted by Crippen LogP contribution is -3.13. The van der Waals surface area contributed by atoms with Crippen LogP contribution in [-0.2, 0) is 16.6 Å². The van der Waals surface area contributed by atoms with E-state index in [9.17, 15) is 8.42 Å². The van der Waals surface area contributed by atoms with Gasteiger partial charge in [0.25, 0.3) is 5.89 Å². The topological polar surface area (TPSA) is 67.8 Å². The second-order valence-electron chi connectivity index (χ2n) is 7.63. The Morgan fingerprint density at radius 1 is 1.07 bits per heavy atom. The van der Waals surface area contributed by atoms with Crippen LogP contribution in [0.4, 0.5) is 0 Å². The highest BCUT2D eigenvalue weighted by Gasteiger charge is 2.33. The molecule has 0 bridgehead atoms. The molecule has 0 radical (unpaired) electrons. The summed E-state index contributed by atoms with van der Waals surface area (Å²) in [5.74, 6) is 0.706. The van der Waals surface area contributed by atoms with Gasteiger partial charge in [0, 0.05) is 0 Å². The van der Waals surface area contributed by atoms with Crippen LogP contribution < -0.4 is 4.90 Å². The zero-order chi connectivity index (χ0) is 19.9. The molecule has 0 saturated carbocycles. The average Bonchev–Trinajstić information content (AvgIpc) is 3.03. The third-order valence-electron chi connectivity index (χ3n) is 5.37. The molecule has 1 fully saturated rings. The van der Waals surface area contributed by atoms with Crippen molar-refractivity contribution in [1.82, 2.24) is 9.29 Å². The van der Waals surface area contributed by atoms with Gasteiger partial charge >= 0.3 is 0 Å². The van der Waals surface area contributed by atoms with Crippen LogP contribution in [0.1, 0.15) is 22.6 Å². The first-order valence-electron chi connectivity index (χ1n) is 9.60. The van der Waals surface area contributed by atoms with Crippen molar-refractivity contribution in [3.63, 3.8) is 0 Å². The number of aromatic nitrogens is 1. The molecule has 2 heterocycles. The Morgan fingerprint density at radius 2 is 1.71 bits per heavy atom. The first-order valence-corrected chi connectivity index (χ1v) is 11.0. The lowest BCUT2D eigenvalue weighted by Gasteiger charge is -2.31. The van der Waals surface area contributed by atoms with Gasteiger partial charge in [-0.2, -0.15) is 4.31 Å². The highest BCUT2D eigenvalue weighted by atomic mass is 32.2. The summed E-state index contributed by atoms with van der Waals surface area (Å²) in [5, 5.41) is 0. The highest BCUT2D eigenvalue weighted by Crippen LogP contribution is 2.25. The van der Waals surface area contributed by atoms with Gasteiger partial charge in [0.15, 0.2) is 12.1 Å². The lowest BCUT2D eigenvalue weighted by atomic mass is 10.1. The fourth-order valence-electron chi connectivity index (χ4n) is 4.13. The summed E-state index contributed by atoms with van der Waals surface area (Å²) in [5.41, 5.74) is 4.38. The van der Waals surface area contributed by atoms with E-state index >= 15 is 0 Å². The van der Waals surface area contributed by atoms with E-state index in [1.54, 1.807) is 4.31 Å². The number of benzene rings is 2. The molecule has 28 heavy (non-hydrogen) atoms. The standard InChI is InChI=1S/C21H25N3O3S/c1-15-12-16(2)21(17(3)13-15)28(25,26)24-10-8-23(9-11-24)14-20-22-18-6-4-5-7-19(18)27-20/h4-7,12-13H,8-11,14H2,1-3H3/p+1. The molecule has 0 unspecified atom stereocenters. The number of para-hydroxylation sites is 2. The lowest BCUT2D eigenvalue weighted by molar-refractivity contribution is -0.918. The Balaban J connectivity index is 1.46. The normalized spacial score (nSPS) is 16.7. The van der Waals surface area contributed by atoms with Crippen LogP contribution >= 0.6 is 0 Å². The third-order valence-corrected chi connectivity index (χ3v) is 7.58. The van der Waals surface area contributed by atoms with Crippen molar-refractivity contribution >= 4 is 21.1 Å². The number of sulfonamides is 1. The fourth-order valence-corrected chi connectivity index (χ4v) is 5.98. The minimum absolute atomic E-state index is 0.459. The minimum atomic E-state index is -3.48. The molecule has 0 amide bonds. The second-order valence-corrected chi connectivity index (χ2v) is 9.51. The molecule has 1 aliphatic heterocycles. The van der Waals surface area contributed by atoms with Crippen molar-refractivity contribution in [2.24, 2.45) is 0 Å². The van der Waals surface area contributed by atoms with E-state index in [1.807, 2.05) is 57.2 Å². The summed E-state index contributed by atoms with van der Waals surface area (Å²) in [6, 6.07) is 11.6. The molecule has 3 aromatic rings. The molecule has 148 valence electrons. The van der Waals surface area contributed by atoms with E-state index in [2.05, 4.69) is 4.98 Å². The molecule has 4 rings (SSSR count). The Hall–Kier alpha value is -2.22. The molecule has 1 saturated heterocycles. The predicted octanol–water partition coefficient (Wildman–Crippen LogP) is 1.84. The summed E-state index contributed by atoms with van der Waals surface area (Å²) < 4.78 is 33.8. The van der Waals surface area contributed by atoms with Gasteiger partial charge < -0.3 is 9.32 Å². The first kappa shape index (κ1) is 19.1. The van der Waals surface area contributed by atoms with Crippen molar-refractivity contribution in [2.75, 3.05) is 26.2 Å². The Kier molecular flexibility index (Phi) is 4.99. The van der Waals surface area contributed by atoms with Crippen LogP contribution in [0.15, 0.2) is 45.7 Å². The SMILES string of the molecule is Cc1cc(C)c(S(=O)(=O)N2CC[NH+](Cc3nc4ccccc4o3)CC2)c(C)c1. The molecule has 1 N–H and O–H groups in total. The Bertz CT molecular complexity index is 1060. The predicted molar refractivity (Wildman–Crippen MR) is 108 cm³/mol. The van der Waals surface area contributed by atoms with E-state index in [4.69, 9.17) is 4.42 Å². The Morgan fingerprint density at radius 3 is 2.36 bits per heavy atom. The monoisotopic (exact) mass is 400 g/mol. The molecular formula is C21H26N3O3S+. The van der Waals surface area contributed by atoms with Crippen molar-refractivity contribution in [1.29, 1.82) is 0 Å². The maximum atomic E-state index is 13.2. The summed E-state index contributed by atoms with van der Waals surface area (Å²) >= 11 is 0. The molecule has 0 atom stereocenters. The van der Waals surface area contributed by atoms with E-state index in [0.29, 0.717) is 30.4 Å². The first-order chi connectivity index (χ1) is 13.3. The van der Waals surface area contributed by atoms with Crippen molar-refractivity contribution in [2.45, 2.75) is 32.2 Å². The minimum Gasteiger partial charge on any atom is -0.435 e. The number of piperazine rings is 1. The van der Waals surface area contributed by atoms with Crippen molar-refractivity contribution in [3.8, 4) is 0 Å². The van der Waals surface area contributed by atoms with Crippen molar-refractivity contribution < 1.29 is 17.7 Å². The summed E-state index contributed by atoms with van der Waals surface area (Å²) in [4.78, 5) is 6.28.